The zero-order chi connectivity index (χ0) is 20.5. The van der Waals surface area contributed by atoms with Gasteiger partial charge < -0.3 is 16.0 Å². The van der Waals surface area contributed by atoms with Gasteiger partial charge in [0.05, 0.1) is 5.92 Å². The number of benzene rings is 1. The number of nitrogens with one attached hydrogen (secondary N) is 1. The quantitative estimate of drug-likeness (QED) is 0.787. The summed E-state index contributed by atoms with van der Waals surface area (Å²) >= 11 is 5.98. The van der Waals surface area contributed by atoms with Crippen LogP contribution in [-0.2, 0) is 4.79 Å². The van der Waals surface area contributed by atoms with Gasteiger partial charge in [0.1, 0.15) is 6.04 Å². The van der Waals surface area contributed by atoms with Crippen LogP contribution in [0.2, 0.25) is 5.02 Å². The number of halogens is 4. The van der Waals surface area contributed by atoms with Crippen LogP contribution in [0.25, 0.3) is 0 Å². The lowest BCUT2D eigenvalue weighted by Crippen LogP contribution is -2.61. The molecule has 0 radical (unpaired) electrons. The maximum Gasteiger partial charge on any atom is 0.391 e. The molecule has 1 saturated heterocycles. The van der Waals surface area contributed by atoms with Gasteiger partial charge in [-0.05, 0) is 49.3 Å². The Kier molecular flexibility index (Phi) is 6.07. The Balaban J connectivity index is 1.93. The molecule has 1 saturated carbocycles. The maximum absolute atomic E-state index is 13.1. The minimum atomic E-state index is -4.21. The Hall–Kier alpha value is -1.96. The Morgan fingerprint density at radius 2 is 1.79 bits per heavy atom. The average Bonchev–Trinajstić information content (AvgIpc) is 2.64. The van der Waals surface area contributed by atoms with Crippen molar-refractivity contribution in [3.8, 4) is 0 Å². The van der Waals surface area contributed by atoms with Crippen LogP contribution in [0.15, 0.2) is 24.3 Å². The molecule has 1 unspecified atom stereocenters. The third kappa shape index (κ3) is 4.37. The van der Waals surface area contributed by atoms with Crippen LogP contribution >= 0.6 is 11.6 Å². The lowest BCUT2D eigenvalue weighted by Gasteiger charge is -2.43. The summed E-state index contributed by atoms with van der Waals surface area (Å²) in [6.07, 6.45) is -3.52. The van der Waals surface area contributed by atoms with E-state index in [0.29, 0.717) is 24.4 Å². The van der Waals surface area contributed by atoms with Crippen molar-refractivity contribution in [3.05, 3.63) is 34.9 Å². The van der Waals surface area contributed by atoms with Crippen LogP contribution < -0.4 is 11.1 Å². The zero-order valence-corrected chi connectivity index (χ0v) is 16.0. The Labute approximate surface area is 166 Å². The first-order chi connectivity index (χ1) is 13.2. The molecule has 1 aliphatic heterocycles. The highest BCUT2D eigenvalue weighted by Gasteiger charge is 2.47. The molecule has 154 valence electrons. The predicted octanol–water partition coefficient (Wildman–Crippen LogP) is 3.67. The second-order valence-corrected chi connectivity index (χ2v) is 7.93. The smallest absolute Gasteiger partial charge is 0.353 e. The number of hydrogen-bond acceptors (Lipinski definition) is 2. The van der Waals surface area contributed by atoms with Crippen molar-refractivity contribution in [2.24, 2.45) is 17.6 Å². The van der Waals surface area contributed by atoms with E-state index in [1.807, 2.05) is 0 Å². The summed E-state index contributed by atoms with van der Waals surface area (Å²) in [5.74, 6) is -2.26. The Morgan fingerprint density at radius 1 is 1.18 bits per heavy atom. The van der Waals surface area contributed by atoms with E-state index in [2.05, 4.69) is 5.32 Å². The molecule has 1 heterocycles. The SMILES string of the molecule is NC(=O)N1CCNC(=O)C1[C@@H](c1ccc(Cl)cc1)C1CCC(C(F)(F)F)CC1. The molecule has 0 bridgehead atoms. The van der Waals surface area contributed by atoms with Gasteiger partial charge >= 0.3 is 12.2 Å². The molecule has 1 aromatic carbocycles. The molecule has 28 heavy (non-hydrogen) atoms. The van der Waals surface area contributed by atoms with Crippen molar-refractivity contribution in [2.75, 3.05) is 13.1 Å². The fourth-order valence-corrected chi connectivity index (χ4v) is 4.62. The number of primary amides is 1. The number of alkyl halides is 3. The molecule has 3 N–H and O–H groups in total. The summed E-state index contributed by atoms with van der Waals surface area (Å²) in [7, 11) is 0. The second-order valence-electron chi connectivity index (χ2n) is 7.50. The summed E-state index contributed by atoms with van der Waals surface area (Å²) < 4.78 is 39.2. The Bertz CT molecular complexity index is 718. The molecule has 2 fully saturated rings. The van der Waals surface area contributed by atoms with E-state index < -0.39 is 30.1 Å². The number of piperazine rings is 1. The van der Waals surface area contributed by atoms with Gasteiger partial charge in [-0.3, -0.25) is 4.79 Å². The largest absolute Gasteiger partial charge is 0.391 e. The molecule has 1 aliphatic carbocycles. The van der Waals surface area contributed by atoms with Crippen LogP contribution in [0.5, 0.6) is 0 Å². The van der Waals surface area contributed by atoms with E-state index in [-0.39, 0.29) is 31.2 Å². The number of amides is 3. The van der Waals surface area contributed by atoms with Gasteiger partial charge in [-0.2, -0.15) is 13.2 Å². The first-order valence-corrected chi connectivity index (χ1v) is 9.72. The molecule has 2 aliphatic rings. The van der Waals surface area contributed by atoms with Gasteiger partial charge in [0.25, 0.3) is 0 Å². The van der Waals surface area contributed by atoms with E-state index in [9.17, 15) is 22.8 Å². The molecule has 3 rings (SSSR count). The Morgan fingerprint density at radius 3 is 2.32 bits per heavy atom. The molecular formula is C19H23ClF3N3O2. The third-order valence-electron chi connectivity index (χ3n) is 5.88. The van der Waals surface area contributed by atoms with E-state index in [4.69, 9.17) is 17.3 Å². The van der Waals surface area contributed by atoms with Crippen molar-refractivity contribution in [1.82, 2.24) is 10.2 Å². The summed E-state index contributed by atoms with van der Waals surface area (Å²) in [5, 5.41) is 3.27. The number of urea groups is 1. The van der Waals surface area contributed by atoms with Crippen LogP contribution in [0.4, 0.5) is 18.0 Å². The first-order valence-electron chi connectivity index (χ1n) is 9.34. The van der Waals surface area contributed by atoms with E-state index in [1.165, 1.54) is 4.90 Å². The van der Waals surface area contributed by atoms with Gasteiger partial charge in [0.2, 0.25) is 5.91 Å². The molecule has 1 aromatic rings. The minimum absolute atomic E-state index is 0.0170. The molecule has 0 spiro atoms. The highest BCUT2D eigenvalue weighted by molar-refractivity contribution is 6.30. The zero-order valence-electron chi connectivity index (χ0n) is 15.2. The van der Waals surface area contributed by atoms with E-state index in [0.717, 1.165) is 5.56 Å². The third-order valence-corrected chi connectivity index (χ3v) is 6.13. The molecule has 2 atom stereocenters. The first kappa shape index (κ1) is 20.8. The van der Waals surface area contributed by atoms with Crippen molar-refractivity contribution < 1.29 is 22.8 Å². The van der Waals surface area contributed by atoms with Crippen molar-refractivity contribution in [3.63, 3.8) is 0 Å². The fourth-order valence-electron chi connectivity index (χ4n) is 4.49. The molecule has 5 nitrogen and oxygen atoms in total. The lowest BCUT2D eigenvalue weighted by atomic mass is 9.70. The monoisotopic (exact) mass is 417 g/mol. The number of carbonyl (C=O) groups is 2. The lowest BCUT2D eigenvalue weighted by molar-refractivity contribution is -0.184. The number of nitrogens with two attached hydrogens (primary N) is 1. The van der Waals surface area contributed by atoms with Crippen LogP contribution in [0.3, 0.4) is 0 Å². The standard InChI is InChI=1S/C19H23ClF3N3O2/c20-14-7-3-12(4-8-14)15(11-1-5-13(6-2-11)19(21,22)23)16-17(27)25-9-10-26(16)18(24)28/h3-4,7-8,11,13,15-16H,1-2,5-6,9-10H2,(H2,24,28)(H,25,27)/t11?,13?,15-,16?/m1/s1. The van der Waals surface area contributed by atoms with Gasteiger partial charge in [0.15, 0.2) is 0 Å². The van der Waals surface area contributed by atoms with Crippen molar-refractivity contribution >= 4 is 23.5 Å². The minimum Gasteiger partial charge on any atom is -0.353 e. The number of hydrogen-bond donors (Lipinski definition) is 2. The number of rotatable bonds is 3. The topological polar surface area (TPSA) is 75.4 Å². The van der Waals surface area contributed by atoms with Crippen LogP contribution in [0, 0.1) is 11.8 Å². The summed E-state index contributed by atoms with van der Waals surface area (Å²) in [5.41, 5.74) is 6.28. The van der Waals surface area contributed by atoms with E-state index in [1.54, 1.807) is 24.3 Å². The normalized spacial score (nSPS) is 27.2. The fraction of sp³-hybridized carbons (Fsp3) is 0.579. The predicted molar refractivity (Wildman–Crippen MR) is 98.8 cm³/mol. The summed E-state index contributed by atoms with van der Waals surface area (Å²) in [4.78, 5) is 26.0. The van der Waals surface area contributed by atoms with Crippen LogP contribution in [-0.4, -0.2) is 42.1 Å². The van der Waals surface area contributed by atoms with Crippen LogP contribution in [0.1, 0.15) is 37.2 Å². The van der Waals surface area contributed by atoms with Gasteiger partial charge in [-0.1, -0.05) is 23.7 Å². The van der Waals surface area contributed by atoms with Gasteiger partial charge in [0, 0.05) is 24.0 Å². The van der Waals surface area contributed by atoms with Gasteiger partial charge in [-0.15, -0.1) is 0 Å². The van der Waals surface area contributed by atoms with Crippen molar-refractivity contribution in [2.45, 2.75) is 43.8 Å². The molecular weight excluding hydrogens is 395 g/mol. The van der Waals surface area contributed by atoms with Gasteiger partial charge in [-0.25, -0.2) is 4.79 Å². The summed E-state index contributed by atoms with van der Waals surface area (Å²) in [6, 6.07) is 5.34. The highest BCUT2D eigenvalue weighted by Crippen LogP contribution is 2.46. The maximum atomic E-state index is 13.1. The highest BCUT2D eigenvalue weighted by atomic mass is 35.5. The molecule has 9 heteroatoms. The number of nitrogens with zero attached hydrogens (tertiary/aromatic N) is 1. The molecule has 0 aromatic heterocycles. The second kappa shape index (κ2) is 8.19. The van der Waals surface area contributed by atoms with Crippen molar-refractivity contribution in [1.29, 1.82) is 0 Å². The summed E-state index contributed by atoms with van der Waals surface area (Å²) in [6.45, 7) is 0.570. The van der Waals surface area contributed by atoms with E-state index >= 15 is 0 Å². The average molecular weight is 418 g/mol. The molecule has 3 amide bonds. The number of carbonyl (C=O) groups excluding carboxylic acids is 2.